The van der Waals surface area contributed by atoms with Gasteiger partial charge < -0.3 is 28.8 Å². The maximum absolute atomic E-state index is 12.9. The fourth-order valence-corrected chi connectivity index (χ4v) is 8.21. The van der Waals surface area contributed by atoms with Crippen LogP contribution in [0, 0.1) is 0 Å². The van der Waals surface area contributed by atoms with Crippen molar-refractivity contribution in [2.24, 2.45) is 0 Å². The summed E-state index contributed by atoms with van der Waals surface area (Å²) in [4.78, 5) is 25.5. The van der Waals surface area contributed by atoms with Crippen LogP contribution in [-0.4, -0.2) is 68.5 Å². The predicted molar refractivity (Wildman–Crippen MR) is 293 cm³/mol. The number of hydrogen-bond donors (Lipinski definition) is 2. The summed E-state index contributed by atoms with van der Waals surface area (Å²) < 4.78 is 23.3. The number of hydrogen-bond acceptors (Lipinski definition) is 6. The first-order valence-electron chi connectivity index (χ1n) is 27.6. The molecule has 0 fully saturated rings. The highest BCUT2D eigenvalue weighted by atomic mass is 31.2. The minimum absolute atomic E-state index is 0.00662. The molecule has 0 saturated carbocycles. The van der Waals surface area contributed by atoms with Crippen molar-refractivity contribution < 1.29 is 32.9 Å². The number of likely N-dealkylation sites (N-methyl/N-ethyl adjacent to an activating group) is 1. The molecule has 0 aromatic rings. The summed E-state index contributed by atoms with van der Waals surface area (Å²) in [5.74, 6) is -0.208. The molecule has 392 valence electrons. The second-order valence-corrected chi connectivity index (χ2v) is 21.0. The quantitative estimate of drug-likeness (QED) is 0.0272. The highest BCUT2D eigenvalue weighted by Crippen LogP contribution is 2.38. The molecule has 0 aromatic carbocycles. The first-order valence-corrected chi connectivity index (χ1v) is 29.1. The lowest BCUT2D eigenvalue weighted by Gasteiger charge is -2.29. The average molecular weight is 969 g/mol. The molecule has 0 rings (SSSR count). The third-order valence-corrected chi connectivity index (χ3v) is 12.8. The van der Waals surface area contributed by atoms with Gasteiger partial charge in [-0.25, -0.2) is 0 Å². The first kappa shape index (κ1) is 65.4. The molecule has 0 saturated heterocycles. The van der Waals surface area contributed by atoms with Crippen molar-refractivity contribution in [1.29, 1.82) is 0 Å². The number of quaternary nitrogens is 1. The van der Waals surface area contributed by atoms with Crippen LogP contribution in [0.2, 0.25) is 0 Å². The highest BCUT2D eigenvalue weighted by molar-refractivity contribution is 7.45. The van der Waals surface area contributed by atoms with E-state index in [2.05, 4.69) is 104 Å². The lowest BCUT2D eigenvalue weighted by Crippen LogP contribution is -2.45. The van der Waals surface area contributed by atoms with Crippen LogP contribution in [-0.2, 0) is 18.4 Å². The fourth-order valence-electron chi connectivity index (χ4n) is 7.49. The van der Waals surface area contributed by atoms with E-state index in [1.165, 1.54) is 109 Å². The molecule has 3 atom stereocenters. The Hall–Kier alpha value is -2.58. The van der Waals surface area contributed by atoms with Crippen molar-refractivity contribution in [3.05, 3.63) is 97.2 Å². The fraction of sp³-hybridized carbons (Fsp3) is 0.712. The van der Waals surface area contributed by atoms with Crippen LogP contribution >= 0.6 is 7.82 Å². The van der Waals surface area contributed by atoms with Gasteiger partial charge in [0.2, 0.25) is 5.91 Å². The molecule has 0 spiro atoms. The predicted octanol–water partition coefficient (Wildman–Crippen LogP) is 16.0. The van der Waals surface area contributed by atoms with Gasteiger partial charge in [0.05, 0.1) is 39.9 Å². The molecule has 2 N–H and O–H groups in total. The molecule has 0 aliphatic carbocycles. The van der Waals surface area contributed by atoms with E-state index in [0.717, 1.165) is 89.9 Å². The minimum Gasteiger partial charge on any atom is -0.756 e. The van der Waals surface area contributed by atoms with Crippen LogP contribution in [0.4, 0.5) is 0 Å². The largest absolute Gasteiger partial charge is 0.756 e. The maximum atomic E-state index is 12.9. The highest BCUT2D eigenvalue weighted by Gasteiger charge is 2.23. The first-order chi connectivity index (χ1) is 33.0. The number of carbonyl (C=O) groups is 1. The van der Waals surface area contributed by atoms with Crippen LogP contribution in [0.25, 0.3) is 0 Å². The molecule has 68 heavy (non-hydrogen) atoms. The number of phosphoric ester groups is 1. The summed E-state index contributed by atoms with van der Waals surface area (Å²) in [5.41, 5.74) is 0. The Balaban J connectivity index is 4.22. The number of amides is 1. The molecule has 9 heteroatoms. The van der Waals surface area contributed by atoms with Gasteiger partial charge in [-0.2, -0.15) is 0 Å². The molecule has 0 aliphatic rings. The van der Waals surface area contributed by atoms with Gasteiger partial charge in [0.25, 0.3) is 7.82 Å². The molecule has 0 heterocycles. The van der Waals surface area contributed by atoms with Crippen molar-refractivity contribution in [1.82, 2.24) is 5.32 Å². The molecular weight excluding hydrogens is 864 g/mol. The maximum Gasteiger partial charge on any atom is 0.268 e. The van der Waals surface area contributed by atoms with Gasteiger partial charge in [0, 0.05) is 6.42 Å². The average Bonchev–Trinajstić information content (AvgIpc) is 3.30. The SMILES string of the molecule is CC/C=C\C/C=C\C/C=C\C/C=C\C/C=C\C/C=C\C/C=C\CCCCCCCCCCCC(=O)NC(COP(=O)([O-])OCC[N+](C)(C)C)C(O)/C=C/CCCCCCCCCCCCCCC. The Morgan fingerprint density at radius 1 is 0.529 bits per heavy atom. The third kappa shape index (κ3) is 51.3. The molecule has 0 aliphatic heterocycles. The van der Waals surface area contributed by atoms with Gasteiger partial charge in [-0.3, -0.25) is 9.36 Å². The van der Waals surface area contributed by atoms with E-state index < -0.39 is 20.0 Å². The molecule has 1 amide bonds. The Morgan fingerprint density at radius 3 is 1.31 bits per heavy atom. The van der Waals surface area contributed by atoms with Crippen molar-refractivity contribution in [3.8, 4) is 0 Å². The summed E-state index contributed by atoms with van der Waals surface area (Å²) in [6, 6.07) is -0.896. The molecule has 0 bridgehead atoms. The molecule has 0 aromatic heterocycles. The van der Waals surface area contributed by atoms with Crippen LogP contribution < -0.4 is 10.2 Å². The van der Waals surface area contributed by atoms with E-state index in [1.807, 2.05) is 27.2 Å². The molecule has 0 radical (unpaired) electrons. The standard InChI is InChI=1S/C59H105N2O6P/c1-6-8-10-12-14-16-18-20-22-23-24-25-26-27-28-29-30-31-32-33-34-35-36-37-39-41-43-45-47-49-51-53-59(63)60-57(56-67-68(64,65)66-55-54-61(3,4)5)58(62)52-50-48-46-44-42-40-38-21-19-17-15-13-11-9-7-2/h8,10,14,16,20,22,24-25,27-28,30-31,33-34,50,52,57-58,62H,6-7,9,11-13,15,17-19,21,23,26,29,32,35-49,51,53-56H2,1-5H3,(H-,60,63,64,65)/b10-8-,16-14-,22-20-,25-24-,28-27-,31-30-,34-33-,52-50+. The van der Waals surface area contributed by atoms with Crippen LogP contribution in [0.5, 0.6) is 0 Å². The Labute approximate surface area is 419 Å². The van der Waals surface area contributed by atoms with Gasteiger partial charge in [0.1, 0.15) is 13.2 Å². The van der Waals surface area contributed by atoms with E-state index in [4.69, 9.17) is 9.05 Å². The normalized spacial score (nSPS) is 14.8. The number of nitrogens with zero attached hydrogens (tertiary/aromatic N) is 1. The smallest absolute Gasteiger partial charge is 0.268 e. The van der Waals surface area contributed by atoms with Crippen molar-refractivity contribution in [2.75, 3.05) is 40.9 Å². The van der Waals surface area contributed by atoms with Crippen LogP contribution in [0.15, 0.2) is 97.2 Å². The van der Waals surface area contributed by atoms with E-state index >= 15 is 0 Å². The summed E-state index contributed by atoms with van der Waals surface area (Å²) in [6.07, 6.45) is 70.4. The monoisotopic (exact) mass is 969 g/mol. The number of aliphatic hydroxyl groups is 1. The molecular formula is C59H105N2O6P. The number of allylic oxidation sites excluding steroid dienone is 15. The summed E-state index contributed by atoms with van der Waals surface area (Å²) >= 11 is 0. The van der Waals surface area contributed by atoms with Crippen molar-refractivity contribution in [2.45, 2.75) is 231 Å². The van der Waals surface area contributed by atoms with Gasteiger partial charge >= 0.3 is 0 Å². The zero-order valence-electron chi connectivity index (χ0n) is 44.5. The van der Waals surface area contributed by atoms with E-state index in [0.29, 0.717) is 17.4 Å². The van der Waals surface area contributed by atoms with Crippen LogP contribution in [0.1, 0.15) is 219 Å². The summed E-state index contributed by atoms with van der Waals surface area (Å²) in [7, 11) is 1.25. The lowest BCUT2D eigenvalue weighted by atomic mass is 10.0. The third-order valence-electron chi connectivity index (χ3n) is 11.8. The zero-order valence-corrected chi connectivity index (χ0v) is 45.4. The second-order valence-electron chi connectivity index (χ2n) is 19.6. The van der Waals surface area contributed by atoms with Crippen molar-refractivity contribution >= 4 is 13.7 Å². The Kier molecular flexibility index (Phi) is 47.5. The van der Waals surface area contributed by atoms with Gasteiger partial charge in [-0.05, 0) is 77.0 Å². The topological polar surface area (TPSA) is 108 Å². The number of phosphoric acid groups is 1. The second kappa shape index (κ2) is 49.4. The Bertz CT molecular complexity index is 1420. The number of aliphatic hydroxyl groups excluding tert-OH is 1. The summed E-state index contributed by atoms with van der Waals surface area (Å²) in [6.45, 7) is 4.52. The van der Waals surface area contributed by atoms with E-state index in [9.17, 15) is 19.4 Å². The van der Waals surface area contributed by atoms with E-state index in [1.54, 1.807) is 6.08 Å². The number of unbranched alkanes of at least 4 members (excludes halogenated alkanes) is 22. The molecule has 8 nitrogen and oxygen atoms in total. The lowest BCUT2D eigenvalue weighted by molar-refractivity contribution is -0.870. The van der Waals surface area contributed by atoms with Crippen LogP contribution in [0.3, 0.4) is 0 Å². The number of carbonyl (C=O) groups excluding carboxylic acids is 1. The van der Waals surface area contributed by atoms with E-state index in [-0.39, 0.29) is 19.1 Å². The molecule has 3 unspecified atom stereocenters. The Morgan fingerprint density at radius 2 is 0.897 bits per heavy atom. The van der Waals surface area contributed by atoms with Crippen molar-refractivity contribution in [3.63, 3.8) is 0 Å². The zero-order chi connectivity index (χ0) is 49.9. The minimum atomic E-state index is -4.60. The van der Waals surface area contributed by atoms with Gasteiger partial charge in [-0.15, -0.1) is 0 Å². The number of nitrogens with one attached hydrogen (secondary N) is 1. The number of rotatable bonds is 49. The summed E-state index contributed by atoms with van der Waals surface area (Å²) in [5, 5.41) is 13.8. The van der Waals surface area contributed by atoms with Gasteiger partial charge in [-0.1, -0.05) is 233 Å². The van der Waals surface area contributed by atoms with Gasteiger partial charge in [0.15, 0.2) is 0 Å².